The Hall–Kier alpha value is -2.35. The van der Waals surface area contributed by atoms with Crippen molar-refractivity contribution < 1.29 is 47.2 Å². The third-order valence-corrected chi connectivity index (χ3v) is 10.9. The molecule has 0 spiro atoms. The van der Waals surface area contributed by atoms with Crippen LogP contribution < -0.4 is 10.9 Å². The van der Waals surface area contributed by atoms with Crippen LogP contribution in [-0.4, -0.2) is 73.7 Å². The van der Waals surface area contributed by atoms with Gasteiger partial charge in [0.2, 0.25) is 0 Å². The standard InChI is InChI=1S/C32H44B2O10S2/c1-29(2)30(3,4)42-33(41-29)25-13-9-23(10-14-25)21-39-27(35)37-17-19-45-46-20-18-38-28(36)40-22-24-11-15-26(16-12-24)34-43-31(5,6)32(7,8)44-34/h9-16H,17-22H2,1-8H3. The quantitative estimate of drug-likeness (QED) is 0.113. The molecule has 0 radical (unpaired) electrons. The number of rotatable bonds is 13. The van der Waals surface area contributed by atoms with E-state index in [9.17, 15) is 9.59 Å². The van der Waals surface area contributed by atoms with Crippen LogP contribution in [0.15, 0.2) is 48.5 Å². The molecule has 2 saturated heterocycles. The average Bonchev–Trinajstić information content (AvgIpc) is 3.36. The summed E-state index contributed by atoms with van der Waals surface area (Å²) in [5.74, 6) is 1.13. The predicted molar refractivity (Wildman–Crippen MR) is 182 cm³/mol. The Morgan fingerprint density at radius 3 is 1.15 bits per heavy atom. The predicted octanol–water partition coefficient (Wildman–Crippen LogP) is 5.67. The number of carbonyl (C=O) groups is 2. The molecule has 250 valence electrons. The van der Waals surface area contributed by atoms with E-state index < -0.39 is 49.0 Å². The number of ether oxygens (including phenoxy) is 4. The zero-order chi connectivity index (χ0) is 33.6. The smallest absolute Gasteiger partial charge is 0.433 e. The van der Waals surface area contributed by atoms with Crippen LogP contribution in [0.25, 0.3) is 0 Å². The Morgan fingerprint density at radius 1 is 0.543 bits per heavy atom. The summed E-state index contributed by atoms with van der Waals surface area (Å²) in [6, 6.07) is 15.1. The van der Waals surface area contributed by atoms with Crippen molar-refractivity contribution >= 4 is 59.1 Å². The van der Waals surface area contributed by atoms with Crippen LogP contribution in [0.1, 0.15) is 66.5 Å². The monoisotopic (exact) mass is 674 g/mol. The molecule has 14 heteroatoms. The van der Waals surface area contributed by atoms with E-state index in [1.54, 1.807) is 0 Å². The van der Waals surface area contributed by atoms with E-state index in [-0.39, 0.29) is 26.4 Å². The minimum atomic E-state index is -0.727. The highest BCUT2D eigenvalue weighted by atomic mass is 33.1. The van der Waals surface area contributed by atoms with Crippen molar-refractivity contribution in [3.05, 3.63) is 59.7 Å². The average molecular weight is 674 g/mol. The van der Waals surface area contributed by atoms with Gasteiger partial charge >= 0.3 is 26.5 Å². The summed E-state index contributed by atoms with van der Waals surface area (Å²) < 4.78 is 45.0. The molecule has 2 aliphatic heterocycles. The summed E-state index contributed by atoms with van der Waals surface area (Å²) in [5, 5.41) is 0. The molecule has 4 rings (SSSR count). The van der Waals surface area contributed by atoms with Crippen molar-refractivity contribution in [3.8, 4) is 0 Å². The van der Waals surface area contributed by atoms with Gasteiger partial charge in [0.1, 0.15) is 26.4 Å². The van der Waals surface area contributed by atoms with Crippen molar-refractivity contribution in [2.45, 2.75) is 91.0 Å². The van der Waals surface area contributed by atoms with Gasteiger partial charge in [0.15, 0.2) is 0 Å². The lowest BCUT2D eigenvalue weighted by atomic mass is 9.79. The van der Waals surface area contributed by atoms with Crippen molar-refractivity contribution in [3.63, 3.8) is 0 Å². The van der Waals surface area contributed by atoms with Gasteiger partial charge in [-0.25, -0.2) is 9.59 Å². The highest BCUT2D eigenvalue weighted by Gasteiger charge is 2.52. The molecule has 2 aromatic rings. The van der Waals surface area contributed by atoms with E-state index in [4.69, 9.17) is 37.6 Å². The highest BCUT2D eigenvalue weighted by molar-refractivity contribution is 8.76. The van der Waals surface area contributed by atoms with E-state index in [1.165, 1.54) is 21.6 Å². The number of hydrogen-bond donors (Lipinski definition) is 0. The zero-order valence-electron chi connectivity index (χ0n) is 27.9. The number of carbonyl (C=O) groups excluding carboxylic acids is 2. The topological polar surface area (TPSA) is 108 Å². The largest absolute Gasteiger partial charge is 0.508 e. The first kappa shape index (κ1) is 36.5. The second kappa shape index (κ2) is 15.3. The minimum Gasteiger partial charge on any atom is -0.433 e. The lowest BCUT2D eigenvalue weighted by Crippen LogP contribution is -2.41. The number of hydrogen-bond acceptors (Lipinski definition) is 12. The SMILES string of the molecule is CC1(C)OB(c2ccc(COC(=O)OCCSSCCOC(=O)OCc3ccc(B4OC(C)(C)C(C)(C)O4)cc3)cc2)OC1(C)C. The van der Waals surface area contributed by atoms with Crippen molar-refractivity contribution in [2.75, 3.05) is 24.7 Å². The van der Waals surface area contributed by atoms with Crippen LogP contribution in [0.3, 0.4) is 0 Å². The Labute approximate surface area is 280 Å². The van der Waals surface area contributed by atoms with E-state index in [0.717, 1.165) is 22.1 Å². The van der Waals surface area contributed by atoms with Crippen LogP contribution in [0.2, 0.25) is 0 Å². The zero-order valence-corrected chi connectivity index (χ0v) is 29.5. The first-order valence-electron chi connectivity index (χ1n) is 15.3. The molecule has 46 heavy (non-hydrogen) atoms. The minimum absolute atomic E-state index is 0.102. The maximum atomic E-state index is 11.9. The Bertz CT molecular complexity index is 1190. The van der Waals surface area contributed by atoms with Crippen LogP contribution in [0.5, 0.6) is 0 Å². The van der Waals surface area contributed by atoms with Gasteiger partial charge in [-0.05, 0) is 77.4 Å². The molecule has 2 fully saturated rings. The molecule has 0 atom stereocenters. The summed E-state index contributed by atoms with van der Waals surface area (Å²) in [6.45, 7) is 16.7. The molecule has 0 unspecified atom stereocenters. The summed E-state index contributed by atoms with van der Waals surface area (Å²) in [6.07, 6.45) is -1.45. The Morgan fingerprint density at radius 2 is 0.848 bits per heavy atom. The first-order valence-corrected chi connectivity index (χ1v) is 17.8. The van der Waals surface area contributed by atoms with Gasteiger partial charge in [0, 0.05) is 11.5 Å². The first-order chi connectivity index (χ1) is 21.6. The van der Waals surface area contributed by atoms with E-state index in [1.807, 2.05) is 104 Å². The van der Waals surface area contributed by atoms with Gasteiger partial charge < -0.3 is 37.6 Å². The fourth-order valence-electron chi connectivity index (χ4n) is 4.30. The maximum Gasteiger partial charge on any atom is 0.508 e. The lowest BCUT2D eigenvalue weighted by Gasteiger charge is -2.32. The molecule has 0 N–H and O–H groups in total. The molecule has 0 aliphatic carbocycles. The fraction of sp³-hybridized carbons (Fsp3) is 0.562. The van der Waals surface area contributed by atoms with Crippen LogP contribution >= 0.6 is 21.6 Å². The van der Waals surface area contributed by atoms with E-state index in [0.29, 0.717) is 11.5 Å². The van der Waals surface area contributed by atoms with E-state index >= 15 is 0 Å². The van der Waals surface area contributed by atoms with Gasteiger partial charge in [-0.2, -0.15) is 0 Å². The second-order valence-corrected chi connectivity index (χ2v) is 15.8. The van der Waals surface area contributed by atoms with E-state index in [2.05, 4.69) is 0 Å². The summed E-state index contributed by atoms with van der Waals surface area (Å²) in [7, 11) is 2.13. The van der Waals surface area contributed by atoms with Gasteiger partial charge in [0.05, 0.1) is 22.4 Å². The van der Waals surface area contributed by atoms with Crippen LogP contribution in [0, 0.1) is 0 Å². The Balaban J connectivity index is 1.00. The molecule has 0 amide bonds. The molecular formula is C32H44B2O10S2. The third-order valence-electron chi connectivity index (χ3n) is 8.58. The maximum absolute atomic E-state index is 11.9. The molecule has 2 aromatic carbocycles. The molecule has 0 aromatic heterocycles. The second-order valence-electron chi connectivity index (χ2n) is 13.1. The molecular weight excluding hydrogens is 630 g/mol. The van der Waals surface area contributed by atoms with Crippen molar-refractivity contribution in [1.82, 2.24) is 0 Å². The van der Waals surface area contributed by atoms with Crippen LogP contribution in [-0.2, 0) is 50.8 Å². The molecule has 0 bridgehead atoms. The van der Waals surface area contributed by atoms with Gasteiger partial charge in [-0.1, -0.05) is 70.1 Å². The summed E-state index contributed by atoms with van der Waals surface area (Å²) in [5.41, 5.74) is 1.84. The summed E-state index contributed by atoms with van der Waals surface area (Å²) in [4.78, 5) is 23.9. The number of benzene rings is 2. The molecule has 2 heterocycles. The lowest BCUT2D eigenvalue weighted by molar-refractivity contribution is 0.00578. The summed E-state index contributed by atoms with van der Waals surface area (Å²) >= 11 is 0. The van der Waals surface area contributed by atoms with Gasteiger partial charge in [0.25, 0.3) is 0 Å². The molecule has 10 nitrogen and oxygen atoms in total. The fourth-order valence-corrected chi connectivity index (χ4v) is 5.96. The van der Waals surface area contributed by atoms with Crippen molar-refractivity contribution in [1.29, 1.82) is 0 Å². The molecule has 0 saturated carbocycles. The van der Waals surface area contributed by atoms with Gasteiger partial charge in [-0.3, -0.25) is 0 Å². The Kier molecular flexibility index (Phi) is 12.1. The third kappa shape index (κ3) is 9.60. The van der Waals surface area contributed by atoms with Gasteiger partial charge in [-0.15, -0.1) is 0 Å². The molecule has 2 aliphatic rings. The highest BCUT2D eigenvalue weighted by Crippen LogP contribution is 2.37. The van der Waals surface area contributed by atoms with Crippen LogP contribution in [0.4, 0.5) is 9.59 Å². The van der Waals surface area contributed by atoms with Crippen molar-refractivity contribution in [2.24, 2.45) is 0 Å². The normalized spacial score (nSPS) is 19.1.